The average molecular weight is 244 g/mol. The number of nitrogens with one attached hydrogen (secondary N) is 1. The maximum Gasteiger partial charge on any atom is 0.0323 e. The molecule has 3 atom stereocenters. The first-order valence-electron chi connectivity index (χ1n) is 7.29. The highest BCUT2D eigenvalue weighted by Crippen LogP contribution is 2.28. The minimum absolute atomic E-state index is 0.548. The van der Waals surface area contributed by atoms with Gasteiger partial charge in [0, 0.05) is 31.2 Å². The van der Waals surface area contributed by atoms with Gasteiger partial charge in [-0.25, -0.2) is 0 Å². The number of benzene rings is 1. The Morgan fingerprint density at radius 2 is 1.94 bits per heavy atom. The van der Waals surface area contributed by atoms with Crippen LogP contribution in [-0.2, 0) is 0 Å². The van der Waals surface area contributed by atoms with Crippen LogP contribution in [-0.4, -0.2) is 30.1 Å². The summed E-state index contributed by atoms with van der Waals surface area (Å²) in [4.78, 5) is 2.67. The molecule has 3 rings (SSSR count). The zero-order valence-electron chi connectivity index (χ0n) is 11.5. The maximum atomic E-state index is 3.76. The topological polar surface area (TPSA) is 15.3 Å². The van der Waals surface area contributed by atoms with Crippen LogP contribution in [0.25, 0.3) is 0 Å². The molecule has 18 heavy (non-hydrogen) atoms. The minimum Gasteiger partial charge on any atom is -0.310 e. The lowest BCUT2D eigenvalue weighted by atomic mass is 9.99. The third kappa shape index (κ3) is 2.32. The minimum atomic E-state index is 0.548. The molecule has 0 saturated carbocycles. The van der Waals surface area contributed by atoms with E-state index in [-0.39, 0.29) is 0 Å². The van der Waals surface area contributed by atoms with E-state index in [1.165, 1.54) is 43.5 Å². The van der Waals surface area contributed by atoms with Crippen molar-refractivity contribution in [3.05, 3.63) is 35.4 Å². The molecular weight excluding hydrogens is 220 g/mol. The Hall–Kier alpha value is -0.860. The summed E-state index contributed by atoms with van der Waals surface area (Å²) in [5, 5.41) is 3.76. The van der Waals surface area contributed by atoms with Gasteiger partial charge in [-0.3, -0.25) is 4.90 Å². The van der Waals surface area contributed by atoms with Gasteiger partial charge >= 0.3 is 0 Å². The Morgan fingerprint density at radius 3 is 2.78 bits per heavy atom. The highest BCUT2D eigenvalue weighted by molar-refractivity contribution is 5.28. The van der Waals surface area contributed by atoms with Gasteiger partial charge in [-0.15, -0.1) is 0 Å². The first kappa shape index (κ1) is 12.2. The molecule has 2 saturated heterocycles. The van der Waals surface area contributed by atoms with Crippen molar-refractivity contribution in [2.24, 2.45) is 0 Å². The van der Waals surface area contributed by atoms with Gasteiger partial charge in [0.1, 0.15) is 0 Å². The summed E-state index contributed by atoms with van der Waals surface area (Å²) in [6.45, 7) is 7.05. The molecule has 2 aliphatic heterocycles. The van der Waals surface area contributed by atoms with Crippen LogP contribution in [0.15, 0.2) is 24.3 Å². The second-order valence-electron chi connectivity index (χ2n) is 5.95. The zero-order valence-corrected chi connectivity index (χ0v) is 11.5. The Balaban J connectivity index is 1.76. The van der Waals surface area contributed by atoms with Crippen LogP contribution >= 0.6 is 0 Å². The molecular formula is C16H24N2. The van der Waals surface area contributed by atoms with E-state index < -0.39 is 0 Å². The van der Waals surface area contributed by atoms with E-state index >= 15 is 0 Å². The Labute approximate surface area is 110 Å². The molecule has 3 unspecified atom stereocenters. The van der Waals surface area contributed by atoms with E-state index in [0.29, 0.717) is 6.04 Å². The average Bonchev–Trinajstić information content (AvgIpc) is 2.69. The third-order valence-electron chi connectivity index (χ3n) is 4.74. The van der Waals surface area contributed by atoms with Crippen molar-refractivity contribution in [2.75, 3.05) is 13.1 Å². The predicted octanol–water partition coefficient (Wildman–Crippen LogP) is 2.88. The van der Waals surface area contributed by atoms with Crippen molar-refractivity contribution in [3.8, 4) is 0 Å². The zero-order chi connectivity index (χ0) is 12.5. The number of aryl methyl sites for hydroxylation is 1. The molecule has 1 aromatic rings. The molecule has 0 amide bonds. The van der Waals surface area contributed by atoms with Crippen LogP contribution < -0.4 is 5.32 Å². The molecule has 2 aliphatic rings. The van der Waals surface area contributed by atoms with Crippen LogP contribution in [0.3, 0.4) is 0 Å². The van der Waals surface area contributed by atoms with Crippen molar-refractivity contribution < 1.29 is 0 Å². The predicted molar refractivity (Wildman–Crippen MR) is 75.7 cm³/mol. The van der Waals surface area contributed by atoms with Crippen LogP contribution in [0.4, 0.5) is 0 Å². The molecule has 1 N–H and O–H groups in total. The third-order valence-corrected chi connectivity index (χ3v) is 4.74. The lowest BCUT2D eigenvalue weighted by Gasteiger charge is -2.31. The lowest BCUT2D eigenvalue weighted by molar-refractivity contribution is 0.199. The van der Waals surface area contributed by atoms with Gasteiger partial charge in [0.25, 0.3) is 0 Å². The SMILES string of the molecule is Cc1ccccc1C(C)N1CCC2CCC(C1)N2. The molecule has 1 aromatic carbocycles. The molecule has 2 nitrogen and oxygen atoms in total. The van der Waals surface area contributed by atoms with Gasteiger partial charge in [0.15, 0.2) is 0 Å². The van der Waals surface area contributed by atoms with Crippen LogP contribution in [0.2, 0.25) is 0 Å². The highest BCUT2D eigenvalue weighted by atomic mass is 15.2. The Kier molecular flexibility index (Phi) is 3.40. The fourth-order valence-electron chi connectivity index (χ4n) is 3.57. The van der Waals surface area contributed by atoms with Gasteiger partial charge in [-0.1, -0.05) is 24.3 Å². The number of rotatable bonds is 2. The molecule has 2 heteroatoms. The first-order chi connectivity index (χ1) is 8.74. The van der Waals surface area contributed by atoms with Crippen LogP contribution in [0.5, 0.6) is 0 Å². The van der Waals surface area contributed by atoms with Gasteiger partial charge in [-0.2, -0.15) is 0 Å². The summed E-state index contributed by atoms with van der Waals surface area (Å²) in [5.41, 5.74) is 2.92. The van der Waals surface area contributed by atoms with Gasteiger partial charge in [-0.05, 0) is 44.2 Å². The van der Waals surface area contributed by atoms with E-state index in [0.717, 1.165) is 12.1 Å². The molecule has 0 aromatic heterocycles. The van der Waals surface area contributed by atoms with Crippen LogP contribution in [0, 0.1) is 6.92 Å². The summed E-state index contributed by atoms with van der Waals surface area (Å²) in [5.74, 6) is 0. The largest absolute Gasteiger partial charge is 0.310 e. The van der Waals surface area contributed by atoms with Gasteiger partial charge < -0.3 is 5.32 Å². The summed E-state index contributed by atoms with van der Waals surface area (Å²) in [7, 11) is 0. The summed E-state index contributed by atoms with van der Waals surface area (Å²) in [6, 6.07) is 10.9. The number of hydrogen-bond donors (Lipinski definition) is 1. The normalized spacial score (nSPS) is 30.1. The molecule has 2 heterocycles. The van der Waals surface area contributed by atoms with E-state index in [2.05, 4.69) is 48.3 Å². The Morgan fingerprint density at radius 1 is 1.17 bits per heavy atom. The fraction of sp³-hybridized carbons (Fsp3) is 0.625. The molecule has 2 bridgehead atoms. The van der Waals surface area contributed by atoms with Gasteiger partial charge in [0.2, 0.25) is 0 Å². The summed E-state index contributed by atoms with van der Waals surface area (Å²) in [6.07, 6.45) is 4.06. The number of hydrogen-bond acceptors (Lipinski definition) is 2. The van der Waals surface area contributed by atoms with Crippen molar-refractivity contribution in [3.63, 3.8) is 0 Å². The molecule has 0 spiro atoms. The first-order valence-corrected chi connectivity index (χ1v) is 7.29. The summed E-state index contributed by atoms with van der Waals surface area (Å²) < 4.78 is 0. The van der Waals surface area contributed by atoms with Crippen molar-refractivity contribution in [2.45, 2.75) is 51.2 Å². The number of fused-ring (bicyclic) bond motifs is 2. The fourth-order valence-corrected chi connectivity index (χ4v) is 3.57. The standard InChI is InChI=1S/C16H24N2/c1-12-5-3-4-6-16(12)13(2)18-10-9-14-7-8-15(11-18)17-14/h3-6,13-15,17H,7-11H2,1-2H3. The van der Waals surface area contributed by atoms with Gasteiger partial charge in [0.05, 0.1) is 0 Å². The molecule has 0 aliphatic carbocycles. The highest BCUT2D eigenvalue weighted by Gasteiger charge is 2.31. The Bertz CT molecular complexity index is 415. The molecule has 98 valence electrons. The van der Waals surface area contributed by atoms with E-state index in [1.54, 1.807) is 0 Å². The summed E-state index contributed by atoms with van der Waals surface area (Å²) >= 11 is 0. The van der Waals surface area contributed by atoms with E-state index in [9.17, 15) is 0 Å². The van der Waals surface area contributed by atoms with E-state index in [1.807, 2.05) is 0 Å². The number of likely N-dealkylation sites (tertiary alicyclic amines) is 1. The second kappa shape index (κ2) is 5.02. The van der Waals surface area contributed by atoms with Crippen molar-refractivity contribution in [1.82, 2.24) is 10.2 Å². The van der Waals surface area contributed by atoms with E-state index in [4.69, 9.17) is 0 Å². The van der Waals surface area contributed by atoms with Crippen molar-refractivity contribution in [1.29, 1.82) is 0 Å². The lowest BCUT2D eigenvalue weighted by Crippen LogP contribution is -2.36. The maximum absolute atomic E-state index is 3.76. The number of nitrogens with zero attached hydrogens (tertiary/aromatic N) is 1. The molecule has 2 fully saturated rings. The monoisotopic (exact) mass is 244 g/mol. The second-order valence-corrected chi connectivity index (χ2v) is 5.95. The van der Waals surface area contributed by atoms with Crippen LogP contribution in [0.1, 0.15) is 43.4 Å². The smallest absolute Gasteiger partial charge is 0.0323 e. The molecule has 0 radical (unpaired) electrons. The quantitative estimate of drug-likeness (QED) is 0.860. The van der Waals surface area contributed by atoms with Crippen molar-refractivity contribution >= 4 is 0 Å².